The SMILES string of the molecule is C#CC#CC#CC#CC#CC#CC#CC#CC(=O)OC[C@H](COP(=O)(O)OC1C(O)[C@H](OP(=O)(O)O)[C@H](OP(=O)(O)O)C(O)[C@@H]1O)OC(=O)CCCCCCCCCCCCCCC.S.[HH].[HH].[HH].[HH].[HH].[HH].[HH].[HH].[HH].[HH].[HH].[HH].[HH].[HH].[HH]. The molecule has 4 unspecified atom stereocenters. The number of rotatable bonds is 26. The zero-order valence-electron chi connectivity index (χ0n) is 35.3. The maximum Gasteiger partial charge on any atom is 0.472 e. The third-order valence-electron chi connectivity index (χ3n) is 8.39. The van der Waals surface area contributed by atoms with Gasteiger partial charge >= 0.3 is 35.4 Å². The molecule has 0 heterocycles. The summed E-state index contributed by atoms with van der Waals surface area (Å²) in [6, 6.07) is 0. The van der Waals surface area contributed by atoms with E-state index in [4.69, 9.17) is 24.9 Å². The quantitative estimate of drug-likeness (QED) is 0.0163. The number of terminal acetylenes is 1. The Morgan fingerprint density at radius 2 is 0.969 bits per heavy atom. The number of aliphatic hydroxyl groups excluding tert-OH is 3. The number of ether oxygens (including phenoxy) is 2. The Balaban J connectivity index is -0.000000183. The number of carbonyl (C=O) groups excluding carboxylic acids is 2. The van der Waals surface area contributed by atoms with Gasteiger partial charge in [-0.25, -0.2) is 18.5 Å². The number of esters is 2. The second kappa shape index (κ2) is 34.3. The van der Waals surface area contributed by atoms with Gasteiger partial charge in [-0.15, -0.1) is 6.42 Å². The van der Waals surface area contributed by atoms with Gasteiger partial charge in [0.15, 0.2) is 6.10 Å². The van der Waals surface area contributed by atoms with Crippen molar-refractivity contribution in [2.75, 3.05) is 13.2 Å². The van der Waals surface area contributed by atoms with Gasteiger partial charge in [-0.1, -0.05) is 84.0 Å². The van der Waals surface area contributed by atoms with Gasteiger partial charge in [-0.2, -0.15) is 13.5 Å². The van der Waals surface area contributed by atoms with E-state index < -0.39 is 91.3 Å². The highest BCUT2D eigenvalue weighted by molar-refractivity contribution is 7.59. The van der Waals surface area contributed by atoms with E-state index in [1.165, 1.54) is 44.9 Å². The molecule has 1 aliphatic rings. The van der Waals surface area contributed by atoms with Gasteiger partial charge in [0.1, 0.15) is 43.2 Å². The molecule has 0 spiro atoms. The summed E-state index contributed by atoms with van der Waals surface area (Å²) in [6.07, 6.45) is 1.80. The molecule has 0 aliphatic heterocycles. The summed E-state index contributed by atoms with van der Waals surface area (Å²) in [5.41, 5.74) is 0. The first-order valence-corrected chi connectivity index (χ1v) is 24.4. The maximum absolute atomic E-state index is 13.0. The number of phosphoric acid groups is 3. The van der Waals surface area contributed by atoms with E-state index in [1.54, 1.807) is 0 Å². The number of hydrogen-bond donors (Lipinski definition) is 8. The van der Waals surface area contributed by atoms with E-state index in [-0.39, 0.29) is 41.3 Å². The Hall–Kier alpha value is -4.02. The van der Waals surface area contributed by atoms with Gasteiger partial charge in [0, 0.05) is 33.7 Å². The van der Waals surface area contributed by atoms with Crippen LogP contribution in [0.3, 0.4) is 0 Å². The lowest BCUT2D eigenvalue weighted by Gasteiger charge is -2.44. The summed E-state index contributed by atoms with van der Waals surface area (Å²) in [5, 5.41) is 31.7. The predicted octanol–water partition coefficient (Wildman–Crippen LogP) is 5.94. The summed E-state index contributed by atoms with van der Waals surface area (Å²) in [6.45, 7) is 0.344. The normalized spacial score (nSPS) is 19.8. The molecule has 19 nitrogen and oxygen atoms in total. The van der Waals surface area contributed by atoms with Crippen molar-refractivity contribution in [1.82, 2.24) is 0 Å². The van der Waals surface area contributed by atoms with Crippen molar-refractivity contribution in [3.63, 3.8) is 0 Å². The fraction of sp³-hybridized carbons (Fsp3) is 0.571. The van der Waals surface area contributed by atoms with E-state index >= 15 is 0 Å². The number of phosphoric ester groups is 3. The zero-order valence-corrected chi connectivity index (χ0v) is 39.0. The minimum Gasteiger partial charge on any atom is -0.456 e. The van der Waals surface area contributed by atoms with Crippen LogP contribution >= 0.6 is 37.0 Å². The van der Waals surface area contributed by atoms with Crippen LogP contribution < -0.4 is 0 Å². The molecule has 0 bridgehead atoms. The lowest BCUT2D eigenvalue weighted by molar-refractivity contribution is -0.213. The van der Waals surface area contributed by atoms with Gasteiger partial charge in [0.2, 0.25) is 0 Å². The first-order chi connectivity index (χ1) is 30.3. The standard InChI is InChI=1S/C42H51O19P3.H2S.15H2/c1-3-5-7-9-11-13-15-17-19-20-22-24-26-28-30-35(43)56-32-34(58-36(44)31-29-27-25-23-21-18-16-14-12-10-8-6-4-2)33-57-64(54,55)61-40-37(45)38(46)41(59-62(48,49)50)42(39(40)47)60-63(51,52)53;;;;;;;;;;;;;;;;/h1,34,37-42,45-47H,4,6,8,10,12,14,16,18,21,23,25,27,29,31-33H2,2H3,(H,54,55)(H2,48,49,50)(H2,51,52,53);1H2;15*1H/t34-,37+,38?,39?,40?,41-,42+;;;;;;;;;;;;;;;;/m1................/s1. The van der Waals surface area contributed by atoms with Crippen LogP contribution in [-0.4, -0.2) is 108 Å². The summed E-state index contributed by atoms with van der Waals surface area (Å²) >= 11 is 0. The third kappa shape index (κ3) is 30.7. The van der Waals surface area contributed by atoms with E-state index in [2.05, 4.69) is 98.9 Å². The molecule has 0 amide bonds. The topological polar surface area (TPSA) is 303 Å². The van der Waals surface area contributed by atoms with E-state index in [0.29, 0.717) is 12.8 Å². The summed E-state index contributed by atoms with van der Waals surface area (Å²) in [7, 11) is -16.8. The molecular formula is C42H83O19P3S. The fourth-order valence-electron chi connectivity index (χ4n) is 5.53. The van der Waals surface area contributed by atoms with Crippen LogP contribution in [0.1, 0.15) is 118 Å². The van der Waals surface area contributed by atoms with Crippen molar-refractivity contribution in [1.29, 1.82) is 0 Å². The van der Waals surface area contributed by atoms with Crippen LogP contribution in [0.4, 0.5) is 0 Å². The van der Waals surface area contributed by atoms with Crippen molar-refractivity contribution in [2.24, 2.45) is 0 Å². The second-order valence-electron chi connectivity index (χ2n) is 13.5. The molecule has 1 fully saturated rings. The highest BCUT2D eigenvalue weighted by Crippen LogP contribution is 2.51. The van der Waals surface area contributed by atoms with Crippen molar-refractivity contribution in [3.8, 4) is 95.2 Å². The average molecular weight is 1020 g/mol. The third-order valence-corrected chi connectivity index (χ3v) is 10.4. The Bertz CT molecular complexity index is 2230. The van der Waals surface area contributed by atoms with Gasteiger partial charge in [0.25, 0.3) is 0 Å². The van der Waals surface area contributed by atoms with Crippen LogP contribution in [-0.2, 0) is 50.9 Å². The van der Waals surface area contributed by atoms with Gasteiger partial charge in [0.05, 0.1) is 6.61 Å². The Morgan fingerprint density at radius 1 is 0.569 bits per heavy atom. The minimum absolute atomic E-state index is 0. The average Bonchev–Trinajstić information content (AvgIpc) is 3.22. The molecule has 8 atom stereocenters. The van der Waals surface area contributed by atoms with Gasteiger partial charge in [-0.3, -0.25) is 22.9 Å². The van der Waals surface area contributed by atoms with Gasteiger partial charge in [-0.05, 0) is 89.3 Å². The zero-order chi connectivity index (χ0) is 47.9. The first kappa shape index (κ1) is 61.0. The molecule has 1 saturated carbocycles. The van der Waals surface area contributed by atoms with Crippen LogP contribution in [0, 0.1) is 95.2 Å². The number of unbranched alkanes of at least 4 members (excludes halogenated alkanes) is 12. The molecule has 0 saturated heterocycles. The molecular weight excluding hydrogens is 933 g/mol. The van der Waals surface area contributed by atoms with Crippen LogP contribution in [0.25, 0.3) is 0 Å². The number of carbonyl (C=O) groups is 2. The maximum atomic E-state index is 13.0. The van der Waals surface area contributed by atoms with Crippen molar-refractivity contribution >= 4 is 48.9 Å². The Labute approximate surface area is 408 Å². The molecule has 0 radical (unpaired) electrons. The number of hydrogen-bond acceptors (Lipinski definition) is 14. The largest absolute Gasteiger partial charge is 0.472 e. The van der Waals surface area contributed by atoms with Crippen molar-refractivity contribution < 1.29 is 112 Å². The van der Waals surface area contributed by atoms with Crippen LogP contribution in [0.5, 0.6) is 0 Å². The fourth-order valence-corrected chi connectivity index (χ4v) is 7.63. The summed E-state index contributed by atoms with van der Waals surface area (Å²) in [4.78, 5) is 72.5. The molecule has 23 heteroatoms. The summed E-state index contributed by atoms with van der Waals surface area (Å²) < 4.78 is 64.5. The first-order valence-electron chi connectivity index (χ1n) is 19.8. The molecule has 1 rings (SSSR count). The number of aliphatic hydroxyl groups is 3. The molecule has 8 N–H and O–H groups in total. The molecule has 0 aromatic carbocycles. The molecule has 386 valence electrons. The summed E-state index contributed by atoms with van der Waals surface area (Å²) in [5.74, 6) is 32.5. The van der Waals surface area contributed by atoms with E-state index in [0.717, 1.165) is 25.7 Å². The van der Waals surface area contributed by atoms with E-state index in [1.807, 2.05) is 5.92 Å². The highest BCUT2D eigenvalue weighted by atomic mass is 32.1. The second-order valence-corrected chi connectivity index (χ2v) is 17.3. The Kier molecular flexibility index (Phi) is 32.2. The van der Waals surface area contributed by atoms with Crippen molar-refractivity contribution in [3.05, 3.63) is 0 Å². The van der Waals surface area contributed by atoms with Gasteiger partial charge < -0.3 is 49.3 Å². The van der Waals surface area contributed by atoms with E-state index in [9.17, 15) is 63.1 Å². The lowest BCUT2D eigenvalue weighted by Crippen LogP contribution is -2.65. The lowest BCUT2D eigenvalue weighted by atomic mass is 9.85. The monoisotopic (exact) mass is 1020 g/mol. The van der Waals surface area contributed by atoms with Crippen molar-refractivity contribution in [2.45, 2.75) is 140 Å². The van der Waals surface area contributed by atoms with Crippen LogP contribution in [0.2, 0.25) is 0 Å². The predicted molar refractivity (Wildman–Crippen MR) is 269 cm³/mol. The molecule has 0 aromatic heterocycles. The van der Waals surface area contributed by atoms with Crippen LogP contribution in [0.15, 0.2) is 0 Å². The minimum atomic E-state index is -5.64. The highest BCUT2D eigenvalue weighted by Gasteiger charge is 2.56. The Morgan fingerprint density at radius 3 is 1.42 bits per heavy atom. The molecule has 65 heavy (non-hydrogen) atoms. The molecule has 1 aliphatic carbocycles. The smallest absolute Gasteiger partial charge is 0.456 e. The molecule has 0 aromatic rings.